The van der Waals surface area contributed by atoms with Crippen molar-refractivity contribution >= 4 is 0 Å². The summed E-state index contributed by atoms with van der Waals surface area (Å²) < 4.78 is 0. The largest absolute Gasteiger partial charge is 0.0885 e. The summed E-state index contributed by atoms with van der Waals surface area (Å²) in [7, 11) is 0. The normalized spacial score (nSPS) is 13.2. The molecular formula is C12H23. The lowest BCUT2D eigenvalue weighted by Gasteiger charge is -2.14. The SMILES string of the molecule is [CH2]C(C)CCC=CCC(C)(C)C. The molecule has 0 aliphatic carbocycles. The van der Waals surface area contributed by atoms with Gasteiger partial charge in [0.25, 0.3) is 0 Å². The molecule has 1 atom stereocenters. The van der Waals surface area contributed by atoms with Crippen molar-refractivity contribution in [1.29, 1.82) is 0 Å². The molecule has 0 fully saturated rings. The Morgan fingerprint density at radius 2 is 1.83 bits per heavy atom. The Balaban J connectivity index is 3.38. The first-order valence-corrected chi connectivity index (χ1v) is 4.90. The number of rotatable bonds is 4. The first-order valence-electron chi connectivity index (χ1n) is 4.90. The third-order valence-corrected chi connectivity index (χ3v) is 1.72. The van der Waals surface area contributed by atoms with Gasteiger partial charge in [-0.25, -0.2) is 0 Å². The maximum absolute atomic E-state index is 3.95. The van der Waals surface area contributed by atoms with Gasteiger partial charge >= 0.3 is 0 Å². The van der Waals surface area contributed by atoms with E-state index >= 15 is 0 Å². The number of hydrogen-bond acceptors (Lipinski definition) is 0. The average molecular weight is 167 g/mol. The van der Waals surface area contributed by atoms with E-state index in [4.69, 9.17) is 0 Å². The van der Waals surface area contributed by atoms with Crippen LogP contribution in [-0.4, -0.2) is 0 Å². The molecule has 0 heteroatoms. The fourth-order valence-electron chi connectivity index (χ4n) is 0.935. The molecule has 0 nitrogen and oxygen atoms in total. The van der Waals surface area contributed by atoms with E-state index in [0.717, 1.165) is 0 Å². The lowest BCUT2D eigenvalue weighted by Crippen LogP contribution is -2.01. The standard InChI is InChI=1S/C12H23/c1-11(2)9-7-6-8-10-12(3,4)5/h6,8,11H,1,7,9-10H2,2-5H3. The van der Waals surface area contributed by atoms with Crippen LogP contribution in [0.25, 0.3) is 0 Å². The summed E-state index contributed by atoms with van der Waals surface area (Å²) in [5.74, 6) is 0.587. The van der Waals surface area contributed by atoms with E-state index in [9.17, 15) is 0 Å². The highest BCUT2D eigenvalue weighted by Gasteiger charge is 2.05. The van der Waals surface area contributed by atoms with E-state index in [1.807, 2.05) is 0 Å². The maximum atomic E-state index is 3.95. The van der Waals surface area contributed by atoms with Gasteiger partial charge in [-0.15, -0.1) is 0 Å². The second-order valence-electron chi connectivity index (χ2n) is 4.92. The molecule has 0 rings (SSSR count). The summed E-state index contributed by atoms with van der Waals surface area (Å²) in [6.45, 7) is 12.9. The molecule has 0 saturated carbocycles. The van der Waals surface area contributed by atoms with E-state index in [0.29, 0.717) is 11.3 Å². The van der Waals surface area contributed by atoms with E-state index in [2.05, 4.69) is 46.8 Å². The minimum atomic E-state index is 0.437. The Hall–Kier alpha value is -0.260. The molecule has 0 aromatic heterocycles. The van der Waals surface area contributed by atoms with Crippen molar-refractivity contribution in [3.63, 3.8) is 0 Å². The molecule has 0 spiro atoms. The summed E-state index contributed by atoms with van der Waals surface area (Å²) in [5.41, 5.74) is 0.437. The molecular weight excluding hydrogens is 144 g/mol. The molecule has 0 amide bonds. The van der Waals surface area contributed by atoms with Gasteiger partial charge in [0.05, 0.1) is 0 Å². The van der Waals surface area contributed by atoms with Gasteiger partial charge < -0.3 is 0 Å². The Labute approximate surface area is 78.1 Å². The van der Waals surface area contributed by atoms with Crippen LogP contribution < -0.4 is 0 Å². The Morgan fingerprint density at radius 1 is 1.25 bits per heavy atom. The third kappa shape index (κ3) is 9.74. The van der Waals surface area contributed by atoms with Crippen LogP contribution in [0, 0.1) is 18.3 Å². The van der Waals surface area contributed by atoms with Crippen molar-refractivity contribution in [3.05, 3.63) is 19.1 Å². The highest BCUT2D eigenvalue weighted by atomic mass is 14.1. The van der Waals surface area contributed by atoms with Crippen LogP contribution >= 0.6 is 0 Å². The molecule has 0 aliphatic heterocycles. The van der Waals surface area contributed by atoms with Gasteiger partial charge in [0.15, 0.2) is 0 Å². The van der Waals surface area contributed by atoms with E-state index in [1.54, 1.807) is 0 Å². The zero-order chi connectivity index (χ0) is 9.61. The molecule has 0 aliphatic rings. The predicted octanol–water partition coefficient (Wildman–Crippen LogP) is 4.23. The molecule has 0 aromatic rings. The van der Waals surface area contributed by atoms with Crippen LogP contribution in [0.15, 0.2) is 12.2 Å². The van der Waals surface area contributed by atoms with E-state index < -0.39 is 0 Å². The van der Waals surface area contributed by atoms with Gasteiger partial charge in [0.1, 0.15) is 0 Å². The minimum absolute atomic E-state index is 0.437. The molecule has 1 unspecified atom stereocenters. The molecule has 1 radical (unpaired) electrons. The van der Waals surface area contributed by atoms with Crippen molar-refractivity contribution in [2.45, 2.75) is 47.0 Å². The van der Waals surface area contributed by atoms with Crippen molar-refractivity contribution in [1.82, 2.24) is 0 Å². The van der Waals surface area contributed by atoms with Gasteiger partial charge in [-0.3, -0.25) is 0 Å². The first kappa shape index (κ1) is 11.7. The van der Waals surface area contributed by atoms with Crippen molar-refractivity contribution in [3.8, 4) is 0 Å². The van der Waals surface area contributed by atoms with Crippen LogP contribution in [0.4, 0.5) is 0 Å². The highest BCUT2D eigenvalue weighted by Crippen LogP contribution is 2.19. The Kier molecular flexibility index (Phi) is 5.28. The van der Waals surface area contributed by atoms with Crippen LogP contribution in [-0.2, 0) is 0 Å². The zero-order valence-electron chi connectivity index (χ0n) is 9.06. The first-order chi connectivity index (χ1) is 5.42. The molecule has 0 N–H and O–H groups in total. The monoisotopic (exact) mass is 167 g/mol. The van der Waals surface area contributed by atoms with Gasteiger partial charge in [-0.1, -0.05) is 46.8 Å². The van der Waals surface area contributed by atoms with Crippen LogP contribution in [0.1, 0.15) is 47.0 Å². The predicted molar refractivity (Wildman–Crippen MR) is 57.0 cm³/mol. The average Bonchev–Trinajstić information content (AvgIpc) is 1.83. The van der Waals surface area contributed by atoms with Gasteiger partial charge in [-0.2, -0.15) is 0 Å². The van der Waals surface area contributed by atoms with Crippen LogP contribution in [0.3, 0.4) is 0 Å². The van der Waals surface area contributed by atoms with E-state index in [-0.39, 0.29) is 0 Å². The number of allylic oxidation sites excluding steroid dienone is 2. The summed E-state index contributed by atoms with van der Waals surface area (Å²) >= 11 is 0. The topological polar surface area (TPSA) is 0 Å². The smallest absolute Gasteiger partial charge is 0.0302 e. The molecule has 0 heterocycles. The third-order valence-electron chi connectivity index (χ3n) is 1.72. The van der Waals surface area contributed by atoms with Crippen LogP contribution in [0.2, 0.25) is 0 Å². The molecule has 71 valence electrons. The minimum Gasteiger partial charge on any atom is -0.0885 e. The van der Waals surface area contributed by atoms with Gasteiger partial charge in [-0.05, 0) is 30.6 Å². The summed E-state index contributed by atoms with van der Waals surface area (Å²) in [5, 5.41) is 0. The maximum Gasteiger partial charge on any atom is -0.0302 e. The quantitative estimate of drug-likeness (QED) is 0.550. The fraction of sp³-hybridized carbons (Fsp3) is 0.750. The van der Waals surface area contributed by atoms with E-state index in [1.165, 1.54) is 19.3 Å². The van der Waals surface area contributed by atoms with Crippen LogP contribution in [0.5, 0.6) is 0 Å². The summed E-state index contributed by atoms with van der Waals surface area (Å²) in [4.78, 5) is 0. The second-order valence-corrected chi connectivity index (χ2v) is 4.92. The lowest BCUT2D eigenvalue weighted by molar-refractivity contribution is 0.420. The summed E-state index contributed by atoms with van der Waals surface area (Å²) in [6.07, 6.45) is 8.15. The Bertz CT molecular complexity index is 123. The molecule has 0 saturated heterocycles. The molecule has 12 heavy (non-hydrogen) atoms. The zero-order valence-corrected chi connectivity index (χ0v) is 9.06. The molecule has 0 aromatic carbocycles. The van der Waals surface area contributed by atoms with Crippen molar-refractivity contribution in [2.75, 3.05) is 0 Å². The molecule has 0 bridgehead atoms. The second kappa shape index (κ2) is 5.40. The Morgan fingerprint density at radius 3 is 2.25 bits per heavy atom. The fourth-order valence-corrected chi connectivity index (χ4v) is 0.935. The van der Waals surface area contributed by atoms with Gasteiger partial charge in [0, 0.05) is 0 Å². The number of hydrogen-bond donors (Lipinski definition) is 0. The van der Waals surface area contributed by atoms with Crippen molar-refractivity contribution < 1.29 is 0 Å². The van der Waals surface area contributed by atoms with Gasteiger partial charge in [0.2, 0.25) is 0 Å². The van der Waals surface area contributed by atoms with Crippen molar-refractivity contribution in [2.24, 2.45) is 11.3 Å². The summed E-state index contributed by atoms with van der Waals surface area (Å²) in [6, 6.07) is 0. The lowest BCUT2D eigenvalue weighted by atomic mass is 9.92. The highest BCUT2D eigenvalue weighted by molar-refractivity contribution is 4.86.